The average Bonchev–Trinajstić information content (AvgIpc) is 2.39. The molecular formula is C15H12ClFO3. The zero-order valence-electron chi connectivity index (χ0n) is 10.7. The monoisotopic (exact) mass is 294 g/mol. The molecule has 2 rings (SSSR count). The molecule has 0 aliphatic rings. The Bertz CT molecular complexity index is 656. The van der Waals surface area contributed by atoms with Gasteiger partial charge in [-0.2, -0.15) is 0 Å². The smallest absolute Gasteiger partial charge is 0.335 e. The van der Waals surface area contributed by atoms with Gasteiger partial charge < -0.3 is 9.84 Å². The van der Waals surface area contributed by atoms with Crippen molar-refractivity contribution in [3.05, 3.63) is 63.9 Å². The summed E-state index contributed by atoms with van der Waals surface area (Å²) in [6.07, 6.45) is 0. The van der Waals surface area contributed by atoms with Crippen molar-refractivity contribution in [1.29, 1.82) is 0 Å². The second-order valence-electron chi connectivity index (χ2n) is 4.33. The number of ether oxygens (including phenoxy) is 1. The zero-order valence-corrected chi connectivity index (χ0v) is 11.4. The Kier molecular flexibility index (Phi) is 4.25. The molecule has 0 bridgehead atoms. The minimum atomic E-state index is -1.11. The standard InChI is InChI=1S/C15H12ClFO3/c1-9-2-5-14(12(16)6-9)20-8-11-7-10(15(18)19)3-4-13(11)17/h2-7H,8H2,1H3,(H,18,19). The van der Waals surface area contributed by atoms with E-state index < -0.39 is 11.8 Å². The maximum absolute atomic E-state index is 13.6. The summed E-state index contributed by atoms with van der Waals surface area (Å²) in [5, 5.41) is 9.31. The normalized spacial score (nSPS) is 10.3. The van der Waals surface area contributed by atoms with Crippen molar-refractivity contribution in [2.24, 2.45) is 0 Å². The third-order valence-corrected chi connectivity index (χ3v) is 3.06. The number of carboxylic acids is 1. The lowest BCUT2D eigenvalue weighted by atomic mass is 10.1. The molecule has 0 saturated heterocycles. The quantitative estimate of drug-likeness (QED) is 0.925. The summed E-state index contributed by atoms with van der Waals surface area (Å²) in [5.41, 5.74) is 1.17. The summed E-state index contributed by atoms with van der Waals surface area (Å²) in [5.74, 6) is -1.20. The molecule has 0 aliphatic carbocycles. The van der Waals surface area contributed by atoms with Crippen LogP contribution in [0.15, 0.2) is 36.4 Å². The molecule has 0 aliphatic heterocycles. The van der Waals surface area contributed by atoms with Crippen LogP contribution in [0.25, 0.3) is 0 Å². The van der Waals surface area contributed by atoms with E-state index in [1.54, 1.807) is 12.1 Å². The fraction of sp³-hybridized carbons (Fsp3) is 0.133. The van der Waals surface area contributed by atoms with Gasteiger partial charge in [0.1, 0.15) is 18.2 Å². The topological polar surface area (TPSA) is 46.5 Å². The van der Waals surface area contributed by atoms with Crippen LogP contribution in [0.1, 0.15) is 21.5 Å². The van der Waals surface area contributed by atoms with Gasteiger partial charge in [-0.1, -0.05) is 17.7 Å². The molecule has 5 heteroatoms. The lowest BCUT2D eigenvalue weighted by molar-refractivity contribution is 0.0696. The number of hydrogen-bond donors (Lipinski definition) is 1. The predicted molar refractivity (Wildman–Crippen MR) is 73.9 cm³/mol. The molecular weight excluding hydrogens is 283 g/mol. The number of benzene rings is 2. The van der Waals surface area contributed by atoms with Crippen LogP contribution in [0.5, 0.6) is 5.75 Å². The van der Waals surface area contributed by atoms with Crippen molar-refractivity contribution in [1.82, 2.24) is 0 Å². The largest absolute Gasteiger partial charge is 0.487 e. The first kappa shape index (κ1) is 14.3. The molecule has 0 spiro atoms. The van der Waals surface area contributed by atoms with Gasteiger partial charge in [-0.25, -0.2) is 9.18 Å². The highest BCUT2D eigenvalue weighted by Crippen LogP contribution is 2.26. The van der Waals surface area contributed by atoms with Gasteiger partial charge in [0.05, 0.1) is 10.6 Å². The van der Waals surface area contributed by atoms with E-state index in [2.05, 4.69) is 0 Å². The highest BCUT2D eigenvalue weighted by molar-refractivity contribution is 6.32. The van der Waals surface area contributed by atoms with E-state index >= 15 is 0 Å². The highest BCUT2D eigenvalue weighted by atomic mass is 35.5. The summed E-state index contributed by atoms with van der Waals surface area (Å²) in [6, 6.07) is 8.82. The number of aryl methyl sites for hydroxylation is 1. The minimum Gasteiger partial charge on any atom is -0.487 e. The molecule has 0 saturated carbocycles. The molecule has 0 unspecified atom stereocenters. The molecule has 0 amide bonds. The highest BCUT2D eigenvalue weighted by Gasteiger charge is 2.10. The van der Waals surface area contributed by atoms with Gasteiger partial charge in [0.25, 0.3) is 0 Å². The van der Waals surface area contributed by atoms with Crippen molar-refractivity contribution in [3.63, 3.8) is 0 Å². The third-order valence-electron chi connectivity index (χ3n) is 2.76. The van der Waals surface area contributed by atoms with E-state index in [9.17, 15) is 9.18 Å². The van der Waals surface area contributed by atoms with Crippen LogP contribution in [0, 0.1) is 12.7 Å². The molecule has 0 radical (unpaired) electrons. The van der Waals surface area contributed by atoms with Crippen molar-refractivity contribution in [2.75, 3.05) is 0 Å². The summed E-state index contributed by atoms with van der Waals surface area (Å²) >= 11 is 6.00. The van der Waals surface area contributed by atoms with Crippen molar-refractivity contribution < 1.29 is 19.0 Å². The van der Waals surface area contributed by atoms with Crippen LogP contribution >= 0.6 is 11.6 Å². The summed E-state index contributed by atoms with van der Waals surface area (Å²) in [4.78, 5) is 10.8. The second kappa shape index (κ2) is 5.92. The first-order valence-electron chi connectivity index (χ1n) is 5.88. The molecule has 104 valence electrons. The number of halogens is 2. The number of aromatic carboxylic acids is 1. The fourth-order valence-corrected chi connectivity index (χ4v) is 1.99. The second-order valence-corrected chi connectivity index (χ2v) is 4.74. The van der Waals surface area contributed by atoms with Gasteiger partial charge in [-0.3, -0.25) is 0 Å². The molecule has 0 atom stereocenters. The van der Waals surface area contributed by atoms with Crippen LogP contribution < -0.4 is 4.74 Å². The van der Waals surface area contributed by atoms with Gasteiger partial charge in [0.15, 0.2) is 0 Å². The third kappa shape index (κ3) is 3.27. The Hall–Kier alpha value is -2.07. The lowest BCUT2D eigenvalue weighted by Crippen LogP contribution is -2.03. The van der Waals surface area contributed by atoms with Crippen LogP contribution in [0.3, 0.4) is 0 Å². The van der Waals surface area contributed by atoms with Crippen LogP contribution in [0.4, 0.5) is 4.39 Å². The Morgan fingerprint density at radius 1 is 1.30 bits per heavy atom. The lowest BCUT2D eigenvalue weighted by Gasteiger charge is -2.10. The van der Waals surface area contributed by atoms with Crippen molar-refractivity contribution >= 4 is 17.6 Å². The van der Waals surface area contributed by atoms with Gasteiger partial charge in [-0.05, 0) is 42.8 Å². The number of rotatable bonds is 4. The van der Waals surface area contributed by atoms with Gasteiger partial charge >= 0.3 is 5.97 Å². The SMILES string of the molecule is Cc1ccc(OCc2cc(C(=O)O)ccc2F)c(Cl)c1. The van der Waals surface area contributed by atoms with E-state index in [0.29, 0.717) is 10.8 Å². The van der Waals surface area contributed by atoms with Gasteiger partial charge in [0.2, 0.25) is 0 Å². The Morgan fingerprint density at radius 3 is 2.70 bits per heavy atom. The Balaban J connectivity index is 2.18. The number of carboxylic acid groups (broad SMARTS) is 1. The van der Waals surface area contributed by atoms with Crippen molar-refractivity contribution in [2.45, 2.75) is 13.5 Å². The van der Waals surface area contributed by atoms with Crippen LogP contribution in [-0.4, -0.2) is 11.1 Å². The van der Waals surface area contributed by atoms with E-state index in [1.165, 1.54) is 12.1 Å². The number of hydrogen-bond acceptors (Lipinski definition) is 2. The molecule has 0 fully saturated rings. The molecule has 2 aromatic rings. The van der Waals surface area contributed by atoms with E-state index in [4.69, 9.17) is 21.4 Å². The summed E-state index contributed by atoms with van der Waals surface area (Å²) in [6.45, 7) is 1.81. The van der Waals surface area contributed by atoms with E-state index in [0.717, 1.165) is 11.6 Å². The average molecular weight is 295 g/mol. The Morgan fingerprint density at radius 2 is 2.05 bits per heavy atom. The first-order valence-corrected chi connectivity index (χ1v) is 6.26. The summed E-state index contributed by atoms with van der Waals surface area (Å²) in [7, 11) is 0. The minimum absolute atomic E-state index is 0.0139. The van der Waals surface area contributed by atoms with Crippen LogP contribution in [0.2, 0.25) is 5.02 Å². The van der Waals surface area contributed by atoms with Crippen LogP contribution in [-0.2, 0) is 6.61 Å². The van der Waals surface area contributed by atoms with Crippen molar-refractivity contribution in [3.8, 4) is 5.75 Å². The van der Waals surface area contributed by atoms with Gasteiger partial charge in [-0.15, -0.1) is 0 Å². The molecule has 2 aromatic carbocycles. The molecule has 0 heterocycles. The first-order chi connectivity index (χ1) is 9.47. The van der Waals surface area contributed by atoms with E-state index in [1.807, 2.05) is 13.0 Å². The van der Waals surface area contributed by atoms with E-state index in [-0.39, 0.29) is 17.7 Å². The fourth-order valence-electron chi connectivity index (χ4n) is 1.70. The zero-order chi connectivity index (χ0) is 14.7. The summed E-state index contributed by atoms with van der Waals surface area (Å²) < 4.78 is 19.0. The predicted octanol–water partition coefficient (Wildman–Crippen LogP) is 4.06. The molecule has 0 aromatic heterocycles. The molecule has 20 heavy (non-hydrogen) atoms. The number of carbonyl (C=O) groups is 1. The molecule has 1 N–H and O–H groups in total. The Labute approximate surface area is 120 Å². The molecule has 3 nitrogen and oxygen atoms in total. The van der Waals surface area contributed by atoms with Gasteiger partial charge in [0, 0.05) is 5.56 Å². The maximum Gasteiger partial charge on any atom is 0.335 e. The maximum atomic E-state index is 13.6.